The molecule has 2 aromatic carbocycles. The first-order valence-corrected chi connectivity index (χ1v) is 10.9. The molecule has 1 fully saturated rings. The molecular formula is C22H25NO3S. The van der Waals surface area contributed by atoms with Crippen molar-refractivity contribution in [3.8, 4) is 0 Å². The zero-order valence-electron chi connectivity index (χ0n) is 15.8. The topological polar surface area (TPSA) is 46.6 Å². The number of sulfonamides is 1. The normalized spacial score (nSPS) is 23.6. The summed E-state index contributed by atoms with van der Waals surface area (Å²) < 4.78 is 34.8. The van der Waals surface area contributed by atoms with Gasteiger partial charge in [0.15, 0.2) is 5.72 Å². The second kappa shape index (κ2) is 6.80. The third-order valence-corrected chi connectivity index (χ3v) is 7.55. The molecule has 0 aromatic heterocycles. The number of ether oxygens (including phenoxy) is 1. The Bertz CT molecular complexity index is 964. The van der Waals surface area contributed by atoms with Gasteiger partial charge in [0, 0.05) is 25.0 Å². The molecule has 142 valence electrons. The van der Waals surface area contributed by atoms with E-state index in [1.54, 1.807) is 16.4 Å². The lowest BCUT2D eigenvalue weighted by Crippen LogP contribution is -2.54. The highest BCUT2D eigenvalue weighted by Gasteiger charge is 2.51. The minimum Gasteiger partial charge on any atom is -0.476 e. The van der Waals surface area contributed by atoms with E-state index in [0.717, 1.165) is 35.3 Å². The number of hydrogen-bond acceptors (Lipinski definition) is 3. The Labute approximate surface area is 161 Å². The largest absolute Gasteiger partial charge is 0.476 e. The van der Waals surface area contributed by atoms with Crippen LogP contribution in [-0.2, 0) is 14.8 Å². The zero-order valence-corrected chi connectivity index (χ0v) is 16.6. The fourth-order valence-corrected chi connectivity index (χ4v) is 5.90. The Kier molecular flexibility index (Phi) is 4.60. The minimum absolute atomic E-state index is 0.337. The fraction of sp³-hybridized carbons (Fsp3) is 0.364. The van der Waals surface area contributed by atoms with Gasteiger partial charge in [-0.1, -0.05) is 48.0 Å². The summed E-state index contributed by atoms with van der Waals surface area (Å²) in [7, 11) is -3.62. The molecule has 4 nitrogen and oxygen atoms in total. The molecule has 1 spiro atoms. The van der Waals surface area contributed by atoms with Gasteiger partial charge in [0.1, 0.15) is 0 Å². The van der Waals surface area contributed by atoms with Gasteiger partial charge in [0.2, 0.25) is 10.0 Å². The van der Waals surface area contributed by atoms with Gasteiger partial charge >= 0.3 is 0 Å². The van der Waals surface area contributed by atoms with Crippen LogP contribution in [0.3, 0.4) is 0 Å². The van der Waals surface area contributed by atoms with Gasteiger partial charge in [-0.25, -0.2) is 8.42 Å². The van der Waals surface area contributed by atoms with E-state index < -0.39 is 15.7 Å². The lowest BCUT2D eigenvalue weighted by molar-refractivity contribution is -0.0875. The SMILES string of the molecule is CC1=C(c2ccccc2)C[C@@]2(CCCCN2S(=O)(=O)c2ccc(C)cc2)O1. The van der Waals surface area contributed by atoms with E-state index in [1.165, 1.54) is 0 Å². The Balaban J connectivity index is 1.71. The van der Waals surface area contributed by atoms with Crippen molar-refractivity contribution in [1.29, 1.82) is 0 Å². The van der Waals surface area contributed by atoms with Crippen LogP contribution in [0.15, 0.2) is 65.3 Å². The van der Waals surface area contributed by atoms with E-state index >= 15 is 0 Å². The fourth-order valence-electron chi connectivity index (χ4n) is 4.17. The quantitative estimate of drug-likeness (QED) is 0.771. The Hall–Kier alpha value is -2.11. The molecule has 0 radical (unpaired) electrons. The molecule has 1 atom stereocenters. The highest BCUT2D eigenvalue weighted by Crippen LogP contribution is 2.47. The summed E-state index contributed by atoms with van der Waals surface area (Å²) in [6.07, 6.45) is 3.13. The minimum atomic E-state index is -3.62. The molecule has 0 saturated carbocycles. The molecule has 0 bridgehead atoms. The smallest absolute Gasteiger partial charge is 0.246 e. The van der Waals surface area contributed by atoms with Crippen molar-refractivity contribution in [2.24, 2.45) is 0 Å². The van der Waals surface area contributed by atoms with Crippen LogP contribution in [-0.4, -0.2) is 25.0 Å². The number of rotatable bonds is 3. The molecule has 0 aliphatic carbocycles. The maximum absolute atomic E-state index is 13.4. The monoisotopic (exact) mass is 383 g/mol. The molecule has 1 saturated heterocycles. The van der Waals surface area contributed by atoms with Crippen LogP contribution in [0.2, 0.25) is 0 Å². The van der Waals surface area contributed by atoms with Crippen LogP contribution in [0, 0.1) is 6.92 Å². The Morgan fingerprint density at radius 2 is 1.67 bits per heavy atom. The molecule has 2 aromatic rings. The number of hydrogen-bond donors (Lipinski definition) is 0. The number of allylic oxidation sites excluding steroid dienone is 1. The van der Waals surface area contributed by atoms with Crippen molar-refractivity contribution in [2.45, 2.75) is 50.2 Å². The summed E-state index contributed by atoms with van der Waals surface area (Å²) in [6, 6.07) is 17.2. The van der Waals surface area contributed by atoms with Gasteiger partial charge in [-0.15, -0.1) is 0 Å². The first-order valence-electron chi connectivity index (χ1n) is 9.46. The van der Waals surface area contributed by atoms with Crippen LogP contribution in [0.5, 0.6) is 0 Å². The van der Waals surface area contributed by atoms with Gasteiger partial charge in [0.05, 0.1) is 10.7 Å². The number of aryl methyl sites for hydroxylation is 1. The van der Waals surface area contributed by atoms with Crippen LogP contribution in [0.4, 0.5) is 0 Å². The predicted molar refractivity (Wildman–Crippen MR) is 106 cm³/mol. The van der Waals surface area contributed by atoms with Crippen LogP contribution in [0.1, 0.15) is 43.7 Å². The van der Waals surface area contributed by atoms with Crippen molar-refractivity contribution in [2.75, 3.05) is 6.54 Å². The maximum Gasteiger partial charge on any atom is 0.246 e. The van der Waals surface area contributed by atoms with E-state index in [9.17, 15) is 8.42 Å². The highest BCUT2D eigenvalue weighted by atomic mass is 32.2. The van der Waals surface area contributed by atoms with Gasteiger partial charge < -0.3 is 4.74 Å². The van der Waals surface area contributed by atoms with E-state index in [0.29, 0.717) is 24.3 Å². The second-order valence-corrected chi connectivity index (χ2v) is 9.34. The Morgan fingerprint density at radius 3 is 2.37 bits per heavy atom. The number of benzene rings is 2. The summed E-state index contributed by atoms with van der Waals surface area (Å²) in [6.45, 7) is 4.40. The molecule has 5 heteroatoms. The lowest BCUT2D eigenvalue weighted by atomic mass is 9.92. The van der Waals surface area contributed by atoms with E-state index in [4.69, 9.17) is 4.74 Å². The zero-order chi connectivity index (χ0) is 19.1. The molecule has 0 unspecified atom stereocenters. The average Bonchev–Trinajstić information content (AvgIpc) is 2.99. The summed E-state index contributed by atoms with van der Waals surface area (Å²) in [5, 5.41) is 0. The molecule has 27 heavy (non-hydrogen) atoms. The molecule has 2 aliphatic heterocycles. The second-order valence-electron chi connectivity index (χ2n) is 7.47. The van der Waals surface area contributed by atoms with Crippen LogP contribution in [0.25, 0.3) is 5.57 Å². The Morgan fingerprint density at radius 1 is 0.963 bits per heavy atom. The number of nitrogens with zero attached hydrogens (tertiary/aromatic N) is 1. The summed E-state index contributed by atoms with van der Waals surface area (Å²) in [5.41, 5.74) is 2.44. The van der Waals surface area contributed by atoms with E-state index in [1.807, 2.05) is 44.2 Å². The van der Waals surface area contributed by atoms with Crippen molar-refractivity contribution < 1.29 is 13.2 Å². The lowest BCUT2D eigenvalue weighted by Gasteiger charge is -2.43. The van der Waals surface area contributed by atoms with Crippen molar-refractivity contribution in [3.05, 3.63) is 71.5 Å². The summed E-state index contributed by atoms with van der Waals surface area (Å²) >= 11 is 0. The molecule has 2 aliphatic rings. The number of piperidine rings is 1. The average molecular weight is 384 g/mol. The van der Waals surface area contributed by atoms with E-state index in [2.05, 4.69) is 12.1 Å². The van der Waals surface area contributed by atoms with Crippen molar-refractivity contribution in [3.63, 3.8) is 0 Å². The van der Waals surface area contributed by atoms with Crippen LogP contribution < -0.4 is 0 Å². The molecule has 2 heterocycles. The molecule has 0 amide bonds. The van der Waals surface area contributed by atoms with Crippen molar-refractivity contribution >= 4 is 15.6 Å². The first-order chi connectivity index (χ1) is 12.9. The van der Waals surface area contributed by atoms with Gasteiger partial charge in [-0.05, 0) is 44.4 Å². The van der Waals surface area contributed by atoms with Gasteiger partial charge in [-0.2, -0.15) is 4.31 Å². The third-order valence-electron chi connectivity index (χ3n) is 5.59. The van der Waals surface area contributed by atoms with Crippen molar-refractivity contribution in [1.82, 2.24) is 4.31 Å². The molecule has 4 rings (SSSR count). The third kappa shape index (κ3) is 3.19. The summed E-state index contributed by atoms with van der Waals surface area (Å²) in [4.78, 5) is 0.337. The molecular weight excluding hydrogens is 358 g/mol. The van der Waals surface area contributed by atoms with E-state index in [-0.39, 0.29) is 0 Å². The standard InChI is InChI=1S/C22H25NO3S/c1-17-10-12-20(13-11-17)27(24,25)23-15-7-6-14-22(23)16-21(18(2)26-22)19-8-4-3-5-9-19/h3-5,8-13H,6-7,14-16H2,1-2H3/t22-/m1/s1. The van der Waals surface area contributed by atoms with Gasteiger partial charge in [0.25, 0.3) is 0 Å². The van der Waals surface area contributed by atoms with Gasteiger partial charge in [-0.3, -0.25) is 0 Å². The predicted octanol–water partition coefficient (Wildman–Crippen LogP) is 4.72. The maximum atomic E-state index is 13.4. The molecule has 0 N–H and O–H groups in total. The highest BCUT2D eigenvalue weighted by molar-refractivity contribution is 7.89. The van der Waals surface area contributed by atoms with Crippen LogP contribution >= 0.6 is 0 Å². The first kappa shape index (κ1) is 18.3. The summed E-state index contributed by atoms with van der Waals surface area (Å²) in [5.74, 6) is 0.826.